The van der Waals surface area contributed by atoms with E-state index >= 15 is 0 Å². The maximum absolute atomic E-state index is 11.6. The number of benzene rings is 2. The molecule has 0 heterocycles. The molecule has 2 aromatic rings. The summed E-state index contributed by atoms with van der Waals surface area (Å²) >= 11 is 0. The largest absolute Gasteiger partial charge is 0.350 e. The van der Waals surface area contributed by atoms with Gasteiger partial charge in [0.25, 0.3) is 5.91 Å². The first-order valence-electron chi connectivity index (χ1n) is 5.44. The van der Waals surface area contributed by atoms with Crippen LogP contribution < -0.4 is 5.32 Å². The van der Waals surface area contributed by atoms with E-state index in [1.165, 1.54) is 0 Å². The molecule has 18 heavy (non-hydrogen) atoms. The second kappa shape index (κ2) is 5.72. The minimum Gasteiger partial charge on any atom is -0.350 e. The van der Waals surface area contributed by atoms with E-state index < -0.39 is 0 Å². The Labute approximate surface area is 105 Å². The monoisotopic (exact) mass is 238 g/mol. The third kappa shape index (κ3) is 2.79. The first-order chi connectivity index (χ1) is 8.81. The average Bonchev–Trinajstić information content (AvgIpc) is 2.45. The molecule has 0 saturated heterocycles. The van der Waals surface area contributed by atoms with Crippen molar-refractivity contribution in [2.24, 2.45) is 10.2 Å². The summed E-state index contributed by atoms with van der Waals surface area (Å²) in [6.45, 7) is 0. The molecule has 0 fully saturated rings. The number of carbonyl (C=O) groups excluding carboxylic acids is 1. The molecule has 2 rings (SSSR count). The van der Waals surface area contributed by atoms with E-state index in [0.29, 0.717) is 11.3 Å². The van der Waals surface area contributed by atoms with E-state index in [1.54, 1.807) is 24.3 Å². The molecule has 89 valence electrons. The highest BCUT2D eigenvalue weighted by Crippen LogP contribution is 2.21. The van der Waals surface area contributed by atoms with Crippen LogP contribution in [0.1, 0.15) is 10.4 Å². The normalized spacial score (nSPS) is 10.5. The molecular weight excluding hydrogens is 226 g/mol. The van der Waals surface area contributed by atoms with Crippen LogP contribution in [0.25, 0.3) is 0 Å². The van der Waals surface area contributed by atoms with Crippen molar-refractivity contribution in [1.82, 2.24) is 5.32 Å². The molecule has 0 aliphatic rings. The summed E-state index contributed by atoms with van der Waals surface area (Å²) in [6.07, 6.45) is 0. The van der Waals surface area contributed by atoms with Crippen molar-refractivity contribution in [2.45, 2.75) is 0 Å². The van der Waals surface area contributed by atoms with E-state index in [2.05, 4.69) is 22.6 Å². The van der Waals surface area contributed by atoms with Crippen LogP contribution in [0.3, 0.4) is 0 Å². The minimum absolute atomic E-state index is 0.280. The van der Waals surface area contributed by atoms with E-state index in [0.717, 1.165) is 5.69 Å². The Balaban J connectivity index is 2.29. The fraction of sp³-hybridized carbons (Fsp3) is 0. The number of nitrogens with zero attached hydrogens (tertiary/aromatic N) is 2. The number of carbonyl (C=O) groups is 1. The van der Waals surface area contributed by atoms with Crippen LogP contribution in [0.2, 0.25) is 0 Å². The van der Waals surface area contributed by atoms with E-state index in [9.17, 15) is 4.79 Å². The molecule has 1 amide bonds. The lowest BCUT2D eigenvalue weighted by Gasteiger charge is -2.02. The van der Waals surface area contributed by atoms with Crippen molar-refractivity contribution in [3.63, 3.8) is 0 Å². The Morgan fingerprint density at radius 1 is 0.944 bits per heavy atom. The zero-order valence-electron chi connectivity index (χ0n) is 9.71. The van der Waals surface area contributed by atoms with Gasteiger partial charge < -0.3 is 5.32 Å². The minimum atomic E-state index is -0.280. The van der Waals surface area contributed by atoms with Gasteiger partial charge in [-0.25, -0.2) is 0 Å². The lowest BCUT2D eigenvalue weighted by molar-refractivity contribution is 0.0969. The predicted molar refractivity (Wildman–Crippen MR) is 69.9 cm³/mol. The van der Waals surface area contributed by atoms with E-state index in [1.807, 2.05) is 30.3 Å². The van der Waals surface area contributed by atoms with Crippen molar-refractivity contribution in [3.05, 3.63) is 67.2 Å². The topological polar surface area (TPSA) is 53.8 Å². The van der Waals surface area contributed by atoms with Gasteiger partial charge in [-0.3, -0.25) is 4.79 Å². The Morgan fingerprint density at radius 2 is 1.61 bits per heavy atom. The zero-order chi connectivity index (χ0) is 12.8. The van der Waals surface area contributed by atoms with Crippen LogP contribution in [0.15, 0.2) is 64.8 Å². The highest BCUT2D eigenvalue weighted by molar-refractivity contribution is 5.98. The van der Waals surface area contributed by atoms with Gasteiger partial charge in [-0.05, 0) is 24.3 Å². The van der Waals surface area contributed by atoms with Gasteiger partial charge in [0.1, 0.15) is 0 Å². The first-order valence-corrected chi connectivity index (χ1v) is 5.44. The summed E-state index contributed by atoms with van der Waals surface area (Å²) in [5.41, 5.74) is 1.71. The third-order valence-electron chi connectivity index (χ3n) is 2.34. The molecule has 0 unspecified atom stereocenters. The molecule has 0 bridgehead atoms. The highest BCUT2D eigenvalue weighted by atomic mass is 16.1. The molecular formula is C14H12N3O. The lowest BCUT2D eigenvalue weighted by atomic mass is 10.2. The van der Waals surface area contributed by atoms with Crippen LogP contribution in [0, 0.1) is 7.05 Å². The average molecular weight is 238 g/mol. The van der Waals surface area contributed by atoms with Crippen LogP contribution in [0.4, 0.5) is 11.4 Å². The molecule has 0 aliphatic heterocycles. The SMILES string of the molecule is [CH2]NC(=O)c1ccccc1N=Nc1ccccc1. The van der Waals surface area contributed by atoms with Crippen molar-refractivity contribution in [2.75, 3.05) is 0 Å². The Kier molecular flexibility index (Phi) is 3.81. The summed E-state index contributed by atoms with van der Waals surface area (Å²) in [5.74, 6) is -0.280. The molecule has 0 aromatic heterocycles. The van der Waals surface area contributed by atoms with Crippen molar-refractivity contribution >= 4 is 17.3 Å². The number of amides is 1. The Hall–Kier alpha value is -2.49. The lowest BCUT2D eigenvalue weighted by Crippen LogP contribution is -2.15. The summed E-state index contributed by atoms with van der Waals surface area (Å²) in [4.78, 5) is 11.6. The standard InChI is InChI=1S/C14H12N3O/c1-15-14(18)12-9-5-6-10-13(12)17-16-11-7-3-2-4-8-11/h2-10H,1H2,(H,15,18). The summed E-state index contributed by atoms with van der Waals surface area (Å²) in [7, 11) is 3.35. The van der Waals surface area contributed by atoms with Gasteiger partial charge in [0.05, 0.1) is 16.9 Å². The molecule has 1 N–H and O–H groups in total. The quantitative estimate of drug-likeness (QED) is 0.816. The highest BCUT2D eigenvalue weighted by Gasteiger charge is 2.07. The van der Waals surface area contributed by atoms with Crippen LogP contribution in [-0.2, 0) is 0 Å². The van der Waals surface area contributed by atoms with Gasteiger partial charge in [-0.1, -0.05) is 30.3 Å². The maximum atomic E-state index is 11.6. The fourth-order valence-electron chi connectivity index (χ4n) is 1.45. The second-order valence-electron chi connectivity index (χ2n) is 3.56. The van der Waals surface area contributed by atoms with Gasteiger partial charge in [-0.15, -0.1) is 5.11 Å². The smallest absolute Gasteiger partial charge is 0.253 e. The summed E-state index contributed by atoms with van der Waals surface area (Å²) < 4.78 is 0. The molecule has 2 aromatic carbocycles. The number of hydrogen-bond donors (Lipinski definition) is 1. The molecule has 0 saturated carbocycles. The van der Waals surface area contributed by atoms with E-state index in [4.69, 9.17) is 0 Å². The van der Waals surface area contributed by atoms with Crippen molar-refractivity contribution < 1.29 is 4.79 Å². The number of hydrogen-bond acceptors (Lipinski definition) is 3. The van der Waals surface area contributed by atoms with Gasteiger partial charge >= 0.3 is 0 Å². The molecule has 1 radical (unpaired) electrons. The first kappa shape index (κ1) is 12.0. The third-order valence-corrected chi connectivity index (χ3v) is 2.34. The summed E-state index contributed by atoms with van der Waals surface area (Å²) in [5, 5.41) is 10.5. The number of nitrogens with one attached hydrogen (secondary N) is 1. The zero-order valence-corrected chi connectivity index (χ0v) is 9.71. The van der Waals surface area contributed by atoms with Gasteiger partial charge in [-0.2, -0.15) is 5.11 Å². The van der Waals surface area contributed by atoms with Crippen LogP contribution >= 0.6 is 0 Å². The van der Waals surface area contributed by atoms with Gasteiger partial charge in [0.15, 0.2) is 0 Å². The van der Waals surface area contributed by atoms with Crippen LogP contribution in [-0.4, -0.2) is 5.91 Å². The van der Waals surface area contributed by atoms with Crippen molar-refractivity contribution in [3.8, 4) is 0 Å². The maximum Gasteiger partial charge on any atom is 0.253 e. The van der Waals surface area contributed by atoms with Gasteiger partial charge in [0.2, 0.25) is 0 Å². The number of rotatable bonds is 3. The van der Waals surface area contributed by atoms with E-state index in [-0.39, 0.29) is 5.91 Å². The molecule has 4 heteroatoms. The van der Waals surface area contributed by atoms with Gasteiger partial charge in [0, 0.05) is 7.05 Å². The van der Waals surface area contributed by atoms with Crippen LogP contribution in [0.5, 0.6) is 0 Å². The predicted octanol–water partition coefficient (Wildman–Crippen LogP) is 3.62. The summed E-state index contributed by atoms with van der Waals surface area (Å²) in [6, 6.07) is 16.3. The molecule has 0 aliphatic carbocycles. The fourth-order valence-corrected chi connectivity index (χ4v) is 1.45. The Bertz CT molecular complexity index is 564. The molecule has 0 atom stereocenters. The van der Waals surface area contributed by atoms with Crippen molar-refractivity contribution in [1.29, 1.82) is 0 Å². The second-order valence-corrected chi connectivity index (χ2v) is 3.56. The number of azo groups is 1. The molecule has 4 nitrogen and oxygen atoms in total. The molecule has 0 spiro atoms. The Morgan fingerprint density at radius 3 is 2.33 bits per heavy atom.